The zero-order valence-electron chi connectivity index (χ0n) is 11.8. The van der Waals surface area contributed by atoms with Crippen LogP contribution >= 0.6 is 23.2 Å². The molecule has 0 saturated carbocycles. The summed E-state index contributed by atoms with van der Waals surface area (Å²) in [5, 5.41) is 11.1. The molecule has 0 aliphatic heterocycles. The maximum Gasteiger partial charge on any atom is 0.307 e. The molecule has 1 heterocycles. The summed E-state index contributed by atoms with van der Waals surface area (Å²) >= 11 is 12.0. The lowest BCUT2D eigenvalue weighted by atomic mass is 10.0. The number of halogens is 2. The van der Waals surface area contributed by atoms with Crippen LogP contribution in [0.2, 0.25) is 10.0 Å². The fourth-order valence-corrected chi connectivity index (χ4v) is 2.89. The van der Waals surface area contributed by atoms with Gasteiger partial charge < -0.3 is 10.1 Å². The molecule has 0 spiro atoms. The third kappa shape index (κ3) is 2.70. The van der Waals surface area contributed by atoms with E-state index in [1.807, 2.05) is 31.2 Å². The molecule has 1 aromatic heterocycles. The van der Waals surface area contributed by atoms with Gasteiger partial charge in [0.05, 0.1) is 22.2 Å². The lowest BCUT2D eigenvalue weighted by Gasteiger charge is -2.05. The third-order valence-electron chi connectivity index (χ3n) is 3.60. The van der Waals surface area contributed by atoms with Gasteiger partial charge in [-0.15, -0.1) is 0 Å². The number of aromatic nitrogens is 1. The van der Waals surface area contributed by atoms with E-state index in [9.17, 15) is 9.90 Å². The Balaban J connectivity index is 2.27. The number of carboxylic acid groups (broad SMARTS) is 1. The predicted molar refractivity (Wildman–Crippen MR) is 89.8 cm³/mol. The van der Waals surface area contributed by atoms with E-state index in [2.05, 4.69) is 4.98 Å². The number of carbonyl (C=O) groups is 1. The molecule has 3 nitrogen and oxygen atoms in total. The number of carboxylic acids is 1. The number of nitrogens with one attached hydrogen (secondary N) is 1. The summed E-state index contributed by atoms with van der Waals surface area (Å²) in [5.74, 6) is -0.872. The van der Waals surface area contributed by atoms with Gasteiger partial charge >= 0.3 is 5.97 Å². The van der Waals surface area contributed by atoms with Crippen LogP contribution in [-0.4, -0.2) is 16.1 Å². The SMILES string of the molecule is Cc1ccc2[nH]c(-c3ccc(Cl)c(Cl)c3)c(CC(=O)O)c2c1. The van der Waals surface area contributed by atoms with Crippen LogP contribution in [0, 0.1) is 6.92 Å². The molecule has 2 N–H and O–H groups in total. The summed E-state index contributed by atoms with van der Waals surface area (Å²) in [7, 11) is 0. The van der Waals surface area contributed by atoms with Crippen LogP contribution in [0.5, 0.6) is 0 Å². The van der Waals surface area contributed by atoms with Crippen molar-refractivity contribution in [1.29, 1.82) is 0 Å². The highest BCUT2D eigenvalue weighted by Crippen LogP contribution is 2.34. The van der Waals surface area contributed by atoms with Crippen LogP contribution in [0.1, 0.15) is 11.1 Å². The van der Waals surface area contributed by atoms with Crippen LogP contribution in [-0.2, 0) is 11.2 Å². The minimum Gasteiger partial charge on any atom is -0.481 e. The monoisotopic (exact) mass is 333 g/mol. The van der Waals surface area contributed by atoms with E-state index in [1.165, 1.54) is 0 Å². The Hall–Kier alpha value is -1.97. The Morgan fingerprint density at radius 1 is 1.14 bits per heavy atom. The molecule has 0 atom stereocenters. The van der Waals surface area contributed by atoms with E-state index in [4.69, 9.17) is 23.2 Å². The van der Waals surface area contributed by atoms with E-state index in [0.717, 1.165) is 33.3 Å². The molecule has 0 radical (unpaired) electrons. The number of rotatable bonds is 3. The number of aliphatic carboxylic acids is 1. The molecule has 3 rings (SSSR count). The number of aryl methyl sites for hydroxylation is 1. The van der Waals surface area contributed by atoms with Crippen molar-refractivity contribution in [2.45, 2.75) is 13.3 Å². The molecule has 5 heteroatoms. The zero-order valence-corrected chi connectivity index (χ0v) is 13.3. The van der Waals surface area contributed by atoms with Crippen molar-refractivity contribution in [1.82, 2.24) is 4.98 Å². The molecule has 0 saturated heterocycles. The smallest absolute Gasteiger partial charge is 0.307 e. The van der Waals surface area contributed by atoms with E-state index in [1.54, 1.807) is 12.1 Å². The lowest BCUT2D eigenvalue weighted by Crippen LogP contribution is -2.01. The highest BCUT2D eigenvalue weighted by molar-refractivity contribution is 6.42. The molecule has 2 aromatic carbocycles. The molecule has 0 aliphatic rings. The summed E-state index contributed by atoms with van der Waals surface area (Å²) in [4.78, 5) is 14.5. The largest absolute Gasteiger partial charge is 0.481 e. The minimum atomic E-state index is -0.872. The number of benzene rings is 2. The first-order valence-electron chi connectivity index (χ1n) is 6.74. The van der Waals surface area contributed by atoms with E-state index in [0.29, 0.717) is 10.0 Å². The minimum absolute atomic E-state index is 0.0565. The summed E-state index contributed by atoms with van der Waals surface area (Å²) in [6.45, 7) is 1.98. The molecule has 0 unspecified atom stereocenters. The quantitative estimate of drug-likeness (QED) is 0.702. The molecule has 0 amide bonds. The maximum atomic E-state index is 11.2. The van der Waals surface area contributed by atoms with E-state index >= 15 is 0 Å². The first-order valence-corrected chi connectivity index (χ1v) is 7.49. The van der Waals surface area contributed by atoms with Crippen molar-refractivity contribution in [3.8, 4) is 11.3 Å². The highest BCUT2D eigenvalue weighted by atomic mass is 35.5. The van der Waals surface area contributed by atoms with Gasteiger partial charge in [0.25, 0.3) is 0 Å². The van der Waals surface area contributed by atoms with Gasteiger partial charge in [0.1, 0.15) is 0 Å². The molecule has 0 aliphatic carbocycles. The second-order valence-electron chi connectivity index (χ2n) is 5.23. The van der Waals surface area contributed by atoms with Crippen LogP contribution in [0.3, 0.4) is 0 Å². The second-order valence-corrected chi connectivity index (χ2v) is 6.04. The van der Waals surface area contributed by atoms with Gasteiger partial charge in [0.15, 0.2) is 0 Å². The van der Waals surface area contributed by atoms with Gasteiger partial charge in [-0.3, -0.25) is 4.79 Å². The van der Waals surface area contributed by atoms with Crippen molar-refractivity contribution in [2.24, 2.45) is 0 Å². The summed E-state index contributed by atoms with van der Waals surface area (Å²) in [5.41, 5.74) is 4.33. The first-order chi connectivity index (χ1) is 10.5. The molecule has 22 heavy (non-hydrogen) atoms. The molecule has 0 fully saturated rings. The molecule has 0 bridgehead atoms. The number of fused-ring (bicyclic) bond motifs is 1. The number of hydrogen-bond acceptors (Lipinski definition) is 1. The third-order valence-corrected chi connectivity index (χ3v) is 4.34. The van der Waals surface area contributed by atoms with Crippen LogP contribution in [0.4, 0.5) is 0 Å². The normalized spacial score (nSPS) is 11.0. The number of H-pyrrole nitrogens is 1. The van der Waals surface area contributed by atoms with Crippen LogP contribution in [0.15, 0.2) is 36.4 Å². The number of aromatic amines is 1. The Morgan fingerprint density at radius 2 is 1.91 bits per heavy atom. The van der Waals surface area contributed by atoms with Crippen molar-refractivity contribution in [3.05, 3.63) is 57.6 Å². The average molecular weight is 334 g/mol. The van der Waals surface area contributed by atoms with Crippen molar-refractivity contribution >= 4 is 40.1 Å². The molecular formula is C17H13Cl2NO2. The second kappa shape index (κ2) is 5.67. The van der Waals surface area contributed by atoms with Gasteiger partial charge in [-0.25, -0.2) is 0 Å². The Morgan fingerprint density at radius 3 is 2.59 bits per heavy atom. The Bertz CT molecular complexity index is 884. The Kier molecular flexibility index (Phi) is 3.85. The molecule has 112 valence electrons. The molecule has 3 aromatic rings. The van der Waals surface area contributed by atoms with Gasteiger partial charge in [-0.2, -0.15) is 0 Å². The topological polar surface area (TPSA) is 53.1 Å². The lowest BCUT2D eigenvalue weighted by molar-refractivity contribution is -0.136. The summed E-state index contributed by atoms with van der Waals surface area (Å²) < 4.78 is 0. The first kappa shape index (κ1) is 14.9. The number of hydrogen-bond donors (Lipinski definition) is 2. The van der Waals surface area contributed by atoms with Gasteiger partial charge in [0, 0.05) is 10.9 Å². The zero-order chi connectivity index (χ0) is 15.9. The van der Waals surface area contributed by atoms with E-state index in [-0.39, 0.29) is 6.42 Å². The fraction of sp³-hybridized carbons (Fsp3) is 0.118. The van der Waals surface area contributed by atoms with Gasteiger partial charge in [0.2, 0.25) is 0 Å². The predicted octanol–water partition coefficient (Wildman–Crippen LogP) is 5.08. The van der Waals surface area contributed by atoms with E-state index < -0.39 is 5.97 Å². The summed E-state index contributed by atoms with van der Waals surface area (Å²) in [6.07, 6.45) is -0.0565. The van der Waals surface area contributed by atoms with Crippen molar-refractivity contribution < 1.29 is 9.90 Å². The van der Waals surface area contributed by atoms with Gasteiger partial charge in [-0.05, 0) is 42.3 Å². The summed E-state index contributed by atoms with van der Waals surface area (Å²) in [6, 6.07) is 11.2. The standard InChI is InChI=1S/C17H13Cl2NO2/c1-9-2-5-15-11(6-9)12(8-16(21)22)17(20-15)10-3-4-13(18)14(19)7-10/h2-7,20H,8H2,1H3,(H,21,22). The van der Waals surface area contributed by atoms with Crippen molar-refractivity contribution in [2.75, 3.05) is 0 Å². The van der Waals surface area contributed by atoms with Crippen LogP contribution in [0.25, 0.3) is 22.2 Å². The molecular weight excluding hydrogens is 321 g/mol. The maximum absolute atomic E-state index is 11.2. The average Bonchev–Trinajstić information content (AvgIpc) is 2.79. The fourth-order valence-electron chi connectivity index (χ4n) is 2.59. The van der Waals surface area contributed by atoms with Crippen LogP contribution < -0.4 is 0 Å². The highest BCUT2D eigenvalue weighted by Gasteiger charge is 2.16. The van der Waals surface area contributed by atoms with Crippen molar-refractivity contribution in [3.63, 3.8) is 0 Å². The Labute approximate surface area is 137 Å². The van der Waals surface area contributed by atoms with Gasteiger partial charge in [-0.1, -0.05) is 40.9 Å².